The molecule has 0 saturated carbocycles. The molecule has 0 fully saturated rings. The summed E-state index contributed by atoms with van der Waals surface area (Å²) in [7, 11) is 0. The summed E-state index contributed by atoms with van der Waals surface area (Å²) in [5.41, 5.74) is 3.26. The Labute approximate surface area is 107 Å². The van der Waals surface area contributed by atoms with Crippen LogP contribution in [0, 0.1) is 6.92 Å². The second-order valence-electron chi connectivity index (χ2n) is 4.48. The number of carbonyl (C=O) groups is 1. The maximum atomic E-state index is 11.0. The molecule has 0 amide bonds. The standard InChI is InChI=1S/C16H16O2/c1-12-6-5-9-14(10-12)15(11-16(17)18)13-7-3-2-4-8-13/h2-10,15H,11H2,1H3,(H,17,18)/t15-/m1/s1. The molecule has 2 heteroatoms. The van der Waals surface area contributed by atoms with E-state index in [1.54, 1.807) is 0 Å². The van der Waals surface area contributed by atoms with Crippen LogP contribution >= 0.6 is 0 Å². The van der Waals surface area contributed by atoms with E-state index in [9.17, 15) is 4.79 Å². The number of hydrogen-bond donors (Lipinski definition) is 1. The van der Waals surface area contributed by atoms with E-state index >= 15 is 0 Å². The number of aryl methyl sites for hydroxylation is 1. The molecule has 0 bridgehead atoms. The molecule has 92 valence electrons. The predicted octanol–water partition coefficient (Wildman–Crippen LogP) is 3.60. The van der Waals surface area contributed by atoms with Gasteiger partial charge in [0, 0.05) is 5.92 Å². The average Bonchev–Trinajstić information content (AvgIpc) is 2.37. The third-order valence-electron chi connectivity index (χ3n) is 3.03. The lowest BCUT2D eigenvalue weighted by molar-refractivity contribution is -0.137. The van der Waals surface area contributed by atoms with E-state index in [4.69, 9.17) is 5.11 Å². The summed E-state index contributed by atoms with van der Waals surface area (Å²) in [5, 5.41) is 9.08. The van der Waals surface area contributed by atoms with Gasteiger partial charge in [-0.15, -0.1) is 0 Å². The van der Waals surface area contributed by atoms with E-state index in [0.717, 1.165) is 16.7 Å². The Hall–Kier alpha value is -2.09. The van der Waals surface area contributed by atoms with E-state index in [2.05, 4.69) is 6.07 Å². The SMILES string of the molecule is Cc1cccc([C@H](CC(=O)O)c2ccccc2)c1. The van der Waals surface area contributed by atoms with Crippen molar-refractivity contribution in [1.29, 1.82) is 0 Å². The first-order valence-corrected chi connectivity index (χ1v) is 6.00. The summed E-state index contributed by atoms with van der Waals surface area (Å²) in [6, 6.07) is 17.8. The fourth-order valence-electron chi connectivity index (χ4n) is 2.17. The monoisotopic (exact) mass is 240 g/mol. The molecule has 0 aliphatic heterocycles. The summed E-state index contributed by atoms with van der Waals surface area (Å²) in [4.78, 5) is 11.0. The van der Waals surface area contributed by atoms with Gasteiger partial charge in [-0.05, 0) is 18.1 Å². The quantitative estimate of drug-likeness (QED) is 0.886. The minimum Gasteiger partial charge on any atom is -0.481 e. The molecule has 1 N–H and O–H groups in total. The summed E-state index contributed by atoms with van der Waals surface area (Å²) < 4.78 is 0. The molecular weight excluding hydrogens is 224 g/mol. The van der Waals surface area contributed by atoms with Gasteiger partial charge in [-0.1, -0.05) is 60.2 Å². The molecule has 18 heavy (non-hydrogen) atoms. The Morgan fingerprint density at radius 3 is 2.33 bits per heavy atom. The first kappa shape index (κ1) is 12.4. The van der Waals surface area contributed by atoms with Crippen molar-refractivity contribution < 1.29 is 9.90 Å². The largest absolute Gasteiger partial charge is 0.481 e. The lowest BCUT2D eigenvalue weighted by Crippen LogP contribution is -2.08. The topological polar surface area (TPSA) is 37.3 Å². The highest BCUT2D eigenvalue weighted by molar-refractivity contribution is 5.69. The smallest absolute Gasteiger partial charge is 0.304 e. The van der Waals surface area contributed by atoms with E-state index in [-0.39, 0.29) is 12.3 Å². The number of hydrogen-bond acceptors (Lipinski definition) is 1. The minimum atomic E-state index is -0.773. The van der Waals surface area contributed by atoms with Gasteiger partial charge in [-0.2, -0.15) is 0 Å². The third kappa shape index (κ3) is 2.98. The Morgan fingerprint density at radius 2 is 1.72 bits per heavy atom. The van der Waals surface area contributed by atoms with Gasteiger partial charge in [0.25, 0.3) is 0 Å². The van der Waals surface area contributed by atoms with Crippen LogP contribution < -0.4 is 0 Å². The van der Waals surface area contributed by atoms with Crippen molar-refractivity contribution in [2.75, 3.05) is 0 Å². The molecule has 0 unspecified atom stereocenters. The zero-order valence-electron chi connectivity index (χ0n) is 10.3. The van der Waals surface area contributed by atoms with Gasteiger partial charge in [0.1, 0.15) is 0 Å². The molecule has 0 aliphatic carbocycles. The van der Waals surface area contributed by atoms with Crippen LogP contribution in [0.25, 0.3) is 0 Å². The highest BCUT2D eigenvalue weighted by Crippen LogP contribution is 2.28. The molecule has 0 heterocycles. The Morgan fingerprint density at radius 1 is 1.06 bits per heavy atom. The summed E-state index contributed by atoms with van der Waals surface area (Å²) in [5.74, 6) is -0.853. The van der Waals surface area contributed by atoms with E-state index < -0.39 is 5.97 Å². The summed E-state index contributed by atoms with van der Waals surface area (Å²) in [6.45, 7) is 2.02. The van der Waals surface area contributed by atoms with Crippen molar-refractivity contribution in [3.8, 4) is 0 Å². The van der Waals surface area contributed by atoms with Crippen molar-refractivity contribution in [2.45, 2.75) is 19.3 Å². The zero-order chi connectivity index (χ0) is 13.0. The second kappa shape index (κ2) is 5.50. The van der Waals surface area contributed by atoms with Crippen LogP contribution in [0.1, 0.15) is 29.0 Å². The molecular formula is C16H16O2. The van der Waals surface area contributed by atoms with Gasteiger partial charge in [-0.3, -0.25) is 4.79 Å². The first-order valence-electron chi connectivity index (χ1n) is 6.00. The third-order valence-corrected chi connectivity index (χ3v) is 3.03. The molecule has 2 aromatic carbocycles. The van der Waals surface area contributed by atoms with Crippen LogP contribution in [0.2, 0.25) is 0 Å². The molecule has 2 rings (SSSR count). The Kier molecular flexibility index (Phi) is 3.78. The van der Waals surface area contributed by atoms with Crippen molar-refractivity contribution in [2.24, 2.45) is 0 Å². The second-order valence-corrected chi connectivity index (χ2v) is 4.48. The zero-order valence-corrected chi connectivity index (χ0v) is 10.3. The van der Waals surface area contributed by atoms with E-state index in [0.29, 0.717) is 0 Å². The number of carboxylic acid groups (broad SMARTS) is 1. The summed E-state index contributed by atoms with van der Waals surface area (Å²) in [6.07, 6.45) is 0.119. The van der Waals surface area contributed by atoms with Crippen LogP contribution in [0.3, 0.4) is 0 Å². The number of carboxylic acids is 1. The lowest BCUT2D eigenvalue weighted by atomic mass is 9.88. The van der Waals surface area contributed by atoms with Crippen LogP contribution in [0.15, 0.2) is 54.6 Å². The molecule has 0 saturated heterocycles. The number of rotatable bonds is 4. The van der Waals surface area contributed by atoms with Crippen molar-refractivity contribution in [3.63, 3.8) is 0 Å². The van der Waals surface area contributed by atoms with Gasteiger partial charge in [-0.25, -0.2) is 0 Å². The number of aliphatic carboxylic acids is 1. The number of benzene rings is 2. The molecule has 2 nitrogen and oxygen atoms in total. The van der Waals surface area contributed by atoms with Crippen molar-refractivity contribution in [1.82, 2.24) is 0 Å². The van der Waals surface area contributed by atoms with Crippen LogP contribution in [0.5, 0.6) is 0 Å². The van der Waals surface area contributed by atoms with Gasteiger partial charge < -0.3 is 5.11 Å². The minimum absolute atomic E-state index is 0.0800. The summed E-state index contributed by atoms with van der Waals surface area (Å²) >= 11 is 0. The van der Waals surface area contributed by atoms with Crippen molar-refractivity contribution in [3.05, 3.63) is 71.3 Å². The molecule has 0 spiro atoms. The Balaban J connectivity index is 2.40. The molecule has 2 aromatic rings. The molecule has 0 radical (unpaired) electrons. The molecule has 0 aromatic heterocycles. The highest BCUT2D eigenvalue weighted by Gasteiger charge is 2.17. The maximum Gasteiger partial charge on any atom is 0.304 e. The fraction of sp³-hybridized carbons (Fsp3) is 0.188. The van der Waals surface area contributed by atoms with Gasteiger partial charge in [0.05, 0.1) is 6.42 Å². The lowest BCUT2D eigenvalue weighted by Gasteiger charge is -2.16. The van der Waals surface area contributed by atoms with Crippen molar-refractivity contribution >= 4 is 5.97 Å². The van der Waals surface area contributed by atoms with Crippen LogP contribution in [-0.2, 0) is 4.79 Å². The van der Waals surface area contributed by atoms with Crippen LogP contribution in [0.4, 0.5) is 0 Å². The van der Waals surface area contributed by atoms with Gasteiger partial charge in [0.15, 0.2) is 0 Å². The van der Waals surface area contributed by atoms with E-state index in [1.165, 1.54) is 0 Å². The van der Waals surface area contributed by atoms with E-state index in [1.807, 2.05) is 55.5 Å². The Bertz CT molecular complexity index is 532. The first-order chi connectivity index (χ1) is 8.66. The van der Waals surface area contributed by atoms with Gasteiger partial charge >= 0.3 is 5.97 Å². The molecule has 1 atom stereocenters. The molecule has 0 aliphatic rings. The highest BCUT2D eigenvalue weighted by atomic mass is 16.4. The normalized spacial score (nSPS) is 12.1. The predicted molar refractivity (Wildman–Crippen MR) is 71.7 cm³/mol. The fourth-order valence-corrected chi connectivity index (χ4v) is 2.17. The average molecular weight is 240 g/mol. The van der Waals surface area contributed by atoms with Gasteiger partial charge in [0.2, 0.25) is 0 Å². The van der Waals surface area contributed by atoms with Crippen LogP contribution in [-0.4, -0.2) is 11.1 Å². The maximum absolute atomic E-state index is 11.0.